The van der Waals surface area contributed by atoms with Crippen molar-refractivity contribution in [1.29, 1.82) is 0 Å². The summed E-state index contributed by atoms with van der Waals surface area (Å²) in [6.45, 7) is 7.52. The topological polar surface area (TPSA) is 63.4 Å². The number of pyridine rings is 3. The van der Waals surface area contributed by atoms with Crippen molar-refractivity contribution < 1.29 is 0 Å². The Hall–Kier alpha value is -6.07. The van der Waals surface area contributed by atoms with Crippen LogP contribution in [0.1, 0.15) is 17.7 Å². The van der Waals surface area contributed by atoms with Gasteiger partial charge in [0.25, 0.3) is 0 Å². The molecule has 0 spiro atoms. The van der Waals surface area contributed by atoms with Gasteiger partial charge in [-0.25, -0.2) is 15.0 Å². The molecule has 0 aliphatic carbocycles. The number of aliphatic imine (C=N–C) groups is 2. The number of aromatic nitrogens is 3. The second-order valence-corrected chi connectivity index (χ2v) is 11.4. The largest absolute Gasteiger partial charge is 0.259 e. The normalized spacial score (nSPS) is 12.8. The minimum atomic E-state index is 0.703. The number of aryl methyl sites for hydroxylation is 1. The highest BCUT2D eigenvalue weighted by molar-refractivity contribution is 6.08. The highest BCUT2D eigenvalue weighted by atomic mass is 14.8. The van der Waals surface area contributed by atoms with Crippen molar-refractivity contribution in [3.8, 4) is 33.6 Å². The van der Waals surface area contributed by atoms with Crippen LogP contribution in [0.3, 0.4) is 0 Å². The lowest BCUT2D eigenvalue weighted by Gasteiger charge is -2.13. The third-order valence-electron chi connectivity index (χ3n) is 8.56. The SMILES string of the molecule is C=CN=C(C=C)c1ccc2cc(-c3ccc4nc(-c5ccc(-c6ccc7ccc8c(c7n6)N=CCC8)cc5)ccc4c3)ccc2n1. The van der Waals surface area contributed by atoms with Crippen molar-refractivity contribution in [2.24, 2.45) is 9.98 Å². The Morgan fingerprint density at radius 2 is 1.22 bits per heavy atom. The molecule has 7 aromatic rings. The summed E-state index contributed by atoms with van der Waals surface area (Å²) in [6.07, 6.45) is 7.20. The summed E-state index contributed by atoms with van der Waals surface area (Å²) in [5.41, 5.74) is 12.9. The van der Waals surface area contributed by atoms with Crippen molar-refractivity contribution in [2.75, 3.05) is 0 Å². The van der Waals surface area contributed by atoms with Gasteiger partial charge in [0.2, 0.25) is 0 Å². The summed E-state index contributed by atoms with van der Waals surface area (Å²) in [4.78, 5) is 23.7. The molecule has 5 nitrogen and oxygen atoms in total. The molecule has 8 rings (SSSR count). The number of hydrogen-bond donors (Lipinski definition) is 0. The Bertz CT molecular complexity index is 2400. The van der Waals surface area contributed by atoms with E-state index in [0.717, 1.165) is 90.6 Å². The van der Waals surface area contributed by atoms with Crippen molar-refractivity contribution in [2.45, 2.75) is 12.8 Å². The first-order chi connectivity index (χ1) is 22.7. The van der Waals surface area contributed by atoms with Crippen molar-refractivity contribution in [1.82, 2.24) is 15.0 Å². The fraction of sp³-hybridized carbons (Fsp3) is 0.0488. The third-order valence-corrected chi connectivity index (χ3v) is 8.56. The smallest absolute Gasteiger partial charge is 0.0968 e. The standard InChI is InChI=1S/C41H29N5/c1-3-34(42-4-2)39-22-17-33-25-31(15-20-38(33)45-39)30-14-19-37-32(24-30)16-21-35(44-37)26-7-9-27(10-8-26)36-18-13-29-12-11-28-6-5-23-43-40(28)41(29)46-36/h3-4,7-25H,1-2,5-6H2. The average Bonchev–Trinajstić information content (AvgIpc) is 3.12. The van der Waals surface area contributed by atoms with Crippen LogP contribution in [0.25, 0.3) is 66.4 Å². The van der Waals surface area contributed by atoms with Gasteiger partial charge in [-0.1, -0.05) is 79.9 Å². The first kappa shape index (κ1) is 27.5. The molecule has 4 heterocycles. The molecule has 218 valence electrons. The van der Waals surface area contributed by atoms with Gasteiger partial charge in [-0.15, -0.1) is 0 Å². The fourth-order valence-corrected chi connectivity index (χ4v) is 6.15. The van der Waals surface area contributed by atoms with E-state index in [1.165, 1.54) is 11.8 Å². The van der Waals surface area contributed by atoms with Crippen LogP contribution in [0.2, 0.25) is 0 Å². The van der Waals surface area contributed by atoms with Gasteiger partial charge in [-0.2, -0.15) is 0 Å². The van der Waals surface area contributed by atoms with E-state index in [-0.39, 0.29) is 0 Å². The fourth-order valence-electron chi connectivity index (χ4n) is 6.15. The maximum atomic E-state index is 5.03. The molecule has 1 aliphatic rings. The summed E-state index contributed by atoms with van der Waals surface area (Å²) in [5, 5.41) is 3.27. The van der Waals surface area contributed by atoms with E-state index in [1.54, 1.807) is 6.08 Å². The van der Waals surface area contributed by atoms with Crippen LogP contribution in [0.5, 0.6) is 0 Å². The summed E-state index contributed by atoms with van der Waals surface area (Å²) >= 11 is 0. The molecule has 0 saturated heterocycles. The third kappa shape index (κ3) is 4.98. The van der Waals surface area contributed by atoms with Gasteiger partial charge in [0.1, 0.15) is 0 Å². The lowest BCUT2D eigenvalue weighted by atomic mass is 10.00. The molecule has 0 unspecified atom stereocenters. The lowest BCUT2D eigenvalue weighted by molar-refractivity contribution is 1.03. The molecular formula is C41H29N5. The zero-order valence-electron chi connectivity index (χ0n) is 25.2. The second-order valence-electron chi connectivity index (χ2n) is 11.4. The van der Waals surface area contributed by atoms with Gasteiger partial charge >= 0.3 is 0 Å². The molecule has 3 aromatic heterocycles. The van der Waals surface area contributed by atoms with Gasteiger partial charge in [0.05, 0.1) is 45.0 Å². The Morgan fingerprint density at radius 3 is 1.91 bits per heavy atom. The van der Waals surface area contributed by atoms with E-state index in [9.17, 15) is 0 Å². The minimum absolute atomic E-state index is 0.703. The van der Waals surface area contributed by atoms with E-state index in [4.69, 9.17) is 15.0 Å². The summed E-state index contributed by atoms with van der Waals surface area (Å²) in [6, 6.07) is 38.1. The molecule has 0 bridgehead atoms. The first-order valence-corrected chi connectivity index (χ1v) is 15.4. The predicted octanol–water partition coefficient (Wildman–Crippen LogP) is 10.1. The molecule has 0 amide bonds. The number of benzene rings is 4. The molecule has 0 N–H and O–H groups in total. The van der Waals surface area contributed by atoms with Crippen LogP contribution in [0.15, 0.2) is 145 Å². The Kier molecular flexibility index (Phi) is 6.84. The summed E-state index contributed by atoms with van der Waals surface area (Å²) in [7, 11) is 0. The number of nitrogens with zero attached hydrogens (tertiary/aromatic N) is 5. The zero-order valence-corrected chi connectivity index (χ0v) is 25.2. The van der Waals surface area contributed by atoms with Gasteiger partial charge in [0.15, 0.2) is 0 Å². The van der Waals surface area contributed by atoms with E-state index < -0.39 is 0 Å². The van der Waals surface area contributed by atoms with Crippen molar-refractivity contribution in [3.63, 3.8) is 0 Å². The molecule has 0 atom stereocenters. The highest BCUT2D eigenvalue weighted by Gasteiger charge is 2.13. The molecule has 5 heteroatoms. The van der Waals surface area contributed by atoms with Crippen LogP contribution in [-0.4, -0.2) is 26.9 Å². The van der Waals surface area contributed by atoms with E-state index in [1.807, 2.05) is 18.3 Å². The van der Waals surface area contributed by atoms with Crippen LogP contribution in [-0.2, 0) is 6.42 Å². The number of rotatable bonds is 6. The van der Waals surface area contributed by atoms with Crippen LogP contribution >= 0.6 is 0 Å². The molecule has 0 radical (unpaired) electrons. The van der Waals surface area contributed by atoms with Gasteiger partial charge in [0, 0.05) is 39.7 Å². The van der Waals surface area contributed by atoms with Gasteiger partial charge < -0.3 is 0 Å². The number of hydrogen-bond acceptors (Lipinski definition) is 5. The molecule has 1 aliphatic heterocycles. The Morgan fingerprint density at radius 1 is 0.609 bits per heavy atom. The molecule has 0 saturated carbocycles. The quantitative estimate of drug-likeness (QED) is 0.181. The maximum absolute atomic E-state index is 5.03. The second kappa shape index (κ2) is 11.5. The van der Waals surface area contributed by atoms with E-state index in [0.29, 0.717) is 5.71 Å². The summed E-state index contributed by atoms with van der Waals surface area (Å²) < 4.78 is 0. The molecule has 46 heavy (non-hydrogen) atoms. The molecular weight excluding hydrogens is 562 g/mol. The Balaban J connectivity index is 1.06. The van der Waals surface area contributed by atoms with Crippen molar-refractivity contribution in [3.05, 3.63) is 146 Å². The monoisotopic (exact) mass is 591 g/mol. The molecule has 4 aromatic carbocycles. The molecule has 0 fully saturated rings. The van der Waals surface area contributed by atoms with Crippen LogP contribution in [0, 0.1) is 0 Å². The number of fused-ring (bicyclic) bond motifs is 5. The average molecular weight is 592 g/mol. The zero-order chi connectivity index (χ0) is 31.0. The maximum Gasteiger partial charge on any atom is 0.0968 e. The Labute approximate surface area is 267 Å². The van der Waals surface area contributed by atoms with Gasteiger partial charge in [-0.3, -0.25) is 9.98 Å². The van der Waals surface area contributed by atoms with E-state index >= 15 is 0 Å². The summed E-state index contributed by atoms with van der Waals surface area (Å²) in [5.74, 6) is 0. The highest BCUT2D eigenvalue weighted by Crippen LogP contribution is 2.34. The lowest BCUT2D eigenvalue weighted by Crippen LogP contribution is -1.99. The van der Waals surface area contributed by atoms with Crippen LogP contribution in [0.4, 0.5) is 5.69 Å². The predicted molar refractivity (Wildman–Crippen MR) is 192 cm³/mol. The number of allylic oxidation sites excluding steroid dienone is 1. The van der Waals surface area contributed by atoms with Crippen molar-refractivity contribution >= 4 is 50.3 Å². The van der Waals surface area contributed by atoms with Crippen LogP contribution < -0.4 is 0 Å². The van der Waals surface area contributed by atoms with Gasteiger partial charge in [-0.05, 0) is 78.1 Å². The first-order valence-electron chi connectivity index (χ1n) is 15.4. The minimum Gasteiger partial charge on any atom is -0.259 e. The van der Waals surface area contributed by atoms with E-state index in [2.05, 4.69) is 120 Å².